The topological polar surface area (TPSA) is 98.5 Å². The maximum Gasteiger partial charge on any atom is 0.456 e. The molecule has 0 radical (unpaired) electrons. The number of ether oxygens (including phenoxy) is 1. The molecule has 8 nitrogen and oxygen atoms in total. The molecule has 3 aromatic rings. The Kier molecular flexibility index (Phi) is 5.66. The molecule has 0 aromatic carbocycles. The number of sulfone groups is 1. The quantitative estimate of drug-likeness (QED) is 0.480. The van der Waals surface area contributed by atoms with E-state index in [0.29, 0.717) is 5.82 Å². The molecule has 0 bridgehead atoms. The van der Waals surface area contributed by atoms with Gasteiger partial charge in [-0.25, -0.2) is 13.4 Å². The van der Waals surface area contributed by atoms with Gasteiger partial charge in [0.15, 0.2) is 27.1 Å². The van der Waals surface area contributed by atoms with Crippen LogP contribution in [0.15, 0.2) is 35.6 Å². The summed E-state index contributed by atoms with van der Waals surface area (Å²) in [5.74, 6) is -5.09. The van der Waals surface area contributed by atoms with Crippen molar-refractivity contribution in [3.8, 4) is 17.0 Å². The second kappa shape index (κ2) is 8.08. The van der Waals surface area contributed by atoms with E-state index in [1.165, 1.54) is 23.7 Å². The molecule has 1 N–H and O–H groups in total. The fourth-order valence-corrected chi connectivity index (χ4v) is 3.91. The number of halogens is 5. The SMILES string of the molecule is CCS(=O)(=O)c1nn2c(NC3CC3)ccnc2c1-c1ccc(OCC(F)(F)C(F)(F)F)cn1. The average molecular weight is 491 g/mol. The molecule has 178 valence electrons. The second-order valence-corrected chi connectivity index (χ2v) is 9.63. The minimum absolute atomic E-state index is 0.0861. The van der Waals surface area contributed by atoms with Crippen molar-refractivity contribution in [3.05, 3.63) is 30.6 Å². The van der Waals surface area contributed by atoms with Crippen LogP contribution in [-0.2, 0) is 9.84 Å². The van der Waals surface area contributed by atoms with Crippen molar-refractivity contribution in [3.63, 3.8) is 0 Å². The van der Waals surface area contributed by atoms with Gasteiger partial charge in [0.2, 0.25) is 0 Å². The number of aromatic nitrogens is 4. The molecule has 33 heavy (non-hydrogen) atoms. The van der Waals surface area contributed by atoms with Crippen molar-refractivity contribution in [2.24, 2.45) is 0 Å². The molecule has 1 fully saturated rings. The van der Waals surface area contributed by atoms with Gasteiger partial charge in [0.1, 0.15) is 11.6 Å². The van der Waals surface area contributed by atoms with Crippen LogP contribution in [0, 0.1) is 0 Å². The summed E-state index contributed by atoms with van der Waals surface area (Å²) in [5.41, 5.74) is 0.365. The number of pyridine rings is 1. The third-order valence-electron chi connectivity index (χ3n) is 4.92. The number of hydrogen-bond donors (Lipinski definition) is 1. The van der Waals surface area contributed by atoms with Crippen LogP contribution in [0.4, 0.5) is 27.8 Å². The van der Waals surface area contributed by atoms with Gasteiger partial charge < -0.3 is 10.1 Å². The Hall–Kier alpha value is -3.03. The first-order chi connectivity index (χ1) is 15.4. The van der Waals surface area contributed by atoms with Gasteiger partial charge in [0.25, 0.3) is 0 Å². The molecule has 1 saturated carbocycles. The molecule has 0 unspecified atom stereocenters. The number of fused-ring (bicyclic) bond motifs is 1. The largest absolute Gasteiger partial charge is 0.485 e. The highest BCUT2D eigenvalue weighted by Crippen LogP contribution is 2.36. The summed E-state index contributed by atoms with van der Waals surface area (Å²) in [4.78, 5) is 8.25. The van der Waals surface area contributed by atoms with E-state index in [4.69, 9.17) is 0 Å². The number of nitrogens with one attached hydrogen (secondary N) is 1. The van der Waals surface area contributed by atoms with Crippen LogP contribution < -0.4 is 10.1 Å². The van der Waals surface area contributed by atoms with E-state index in [1.54, 1.807) is 6.07 Å². The van der Waals surface area contributed by atoms with E-state index in [9.17, 15) is 30.4 Å². The van der Waals surface area contributed by atoms with Gasteiger partial charge in [-0.05, 0) is 31.0 Å². The van der Waals surface area contributed by atoms with E-state index in [2.05, 4.69) is 25.1 Å². The lowest BCUT2D eigenvalue weighted by Crippen LogP contribution is -2.41. The zero-order valence-electron chi connectivity index (χ0n) is 17.1. The predicted molar refractivity (Wildman–Crippen MR) is 107 cm³/mol. The van der Waals surface area contributed by atoms with Gasteiger partial charge in [-0.3, -0.25) is 4.98 Å². The van der Waals surface area contributed by atoms with Crippen molar-refractivity contribution in [1.82, 2.24) is 19.6 Å². The van der Waals surface area contributed by atoms with Gasteiger partial charge in [-0.1, -0.05) is 6.92 Å². The number of hydrogen-bond acceptors (Lipinski definition) is 7. The monoisotopic (exact) mass is 491 g/mol. The number of rotatable bonds is 8. The molecule has 0 spiro atoms. The molecule has 1 aliphatic carbocycles. The Morgan fingerprint density at radius 1 is 1.15 bits per heavy atom. The first-order valence-electron chi connectivity index (χ1n) is 9.84. The van der Waals surface area contributed by atoms with Crippen molar-refractivity contribution in [2.45, 2.75) is 42.9 Å². The Bertz CT molecular complexity index is 1270. The van der Waals surface area contributed by atoms with Crippen molar-refractivity contribution in [2.75, 3.05) is 17.7 Å². The third-order valence-corrected chi connectivity index (χ3v) is 6.55. The molecule has 1 aliphatic rings. The van der Waals surface area contributed by atoms with Crippen LogP contribution in [0.2, 0.25) is 0 Å². The van der Waals surface area contributed by atoms with Crippen LogP contribution >= 0.6 is 0 Å². The minimum Gasteiger partial charge on any atom is -0.485 e. The minimum atomic E-state index is -5.75. The van der Waals surface area contributed by atoms with Gasteiger partial charge in [0, 0.05) is 12.2 Å². The summed E-state index contributed by atoms with van der Waals surface area (Å²) >= 11 is 0. The maximum atomic E-state index is 13.1. The zero-order chi connectivity index (χ0) is 24.0. The average Bonchev–Trinajstić information content (AvgIpc) is 3.48. The number of nitrogens with zero attached hydrogens (tertiary/aromatic N) is 4. The van der Waals surface area contributed by atoms with Crippen molar-refractivity contribution >= 4 is 21.3 Å². The molecule has 0 saturated heterocycles. The number of alkyl halides is 5. The van der Waals surface area contributed by atoms with Gasteiger partial charge in [-0.15, -0.1) is 0 Å². The summed E-state index contributed by atoms with van der Waals surface area (Å²) in [7, 11) is -3.82. The highest BCUT2D eigenvalue weighted by Gasteiger charge is 2.58. The Balaban J connectivity index is 1.72. The number of anilines is 1. The van der Waals surface area contributed by atoms with Crippen LogP contribution in [0.25, 0.3) is 16.9 Å². The first kappa shape index (κ1) is 23.1. The lowest BCUT2D eigenvalue weighted by Gasteiger charge is -2.19. The second-order valence-electron chi connectivity index (χ2n) is 7.44. The molecular weight excluding hydrogens is 473 g/mol. The summed E-state index contributed by atoms with van der Waals surface area (Å²) in [6.45, 7) is -0.466. The van der Waals surface area contributed by atoms with E-state index in [0.717, 1.165) is 25.1 Å². The smallest absolute Gasteiger partial charge is 0.456 e. The standard InChI is InChI=1S/C19H18F5N5O3S/c1-2-33(30,31)17-15(16-25-8-7-14(29(16)28-17)27-11-3-4-11)13-6-5-12(9-26-13)32-10-18(20,21)19(22,23)24/h5-9,11,27H,2-4,10H2,1H3. The predicted octanol–water partition coefficient (Wildman–Crippen LogP) is 3.74. The van der Waals surface area contributed by atoms with Crippen LogP contribution in [0.3, 0.4) is 0 Å². The van der Waals surface area contributed by atoms with E-state index in [-0.39, 0.29) is 39.5 Å². The van der Waals surface area contributed by atoms with Gasteiger partial charge in [0.05, 0.1) is 23.2 Å². The summed E-state index contributed by atoms with van der Waals surface area (Å²) in [5, 5.41) is 7.20. The maximum absolute atomic E-state index is 13.1. The molecular formula is C19H18F5N5O3S. The van der Waals surface area contributed by atoms with Crippen molar-refractivity contribution < 1.29 is 35.1 Å². The van der Waals surface area contributed by atoms with E-state index < -0.39 is 28.5 Å². The Morgan fingerprint density at radius 2 is 1.88 bits per heavy atom. The summed E-state index contributed by atoms with van der Waals surface area (Å²) in [6, 6.07) is 4.26. The normalized spacial score (nSPS) is 15.1. The van der Waals surface area contributed by atoms with Gasteiger partial charge >= 0.3 is 12.1 Å². The summed E-state index contributed by atoms with van der Waals surface area (Å²) < 4.78 is 94.5. The Morgan fingerprint density at radius 3 is 2.45 bits per heavy atom. The zero-order valence-corrected chi connectivity index (χ0v) is 17.9. The third kappa shape index (κ3) is 4.56. The highest BCUT2D eigenvalue weighted by atomic mass is 32.2. The molecule has 0 aliphatic heterocycles. The molecule has 4 rings (SSSR count). The lowest BCUT2D eigenvalue weighted by molar-refractivity contribution is -0.290. The molecule has 14 heteroatoms. The van der Waals surface area contributed by atoms with Crippen LogP contribution in [0.5, 0.6) is 5.75 Å². The van der Waals surface area contributed by atoms with E-state index >= 15 is 0 Å². The molecule has 3 aromatic heterocycles. The summed E-state index contributed by atoms with van der Waals surface area (Å²) in [6.07, 6.45) is -1.41. The van der Waals surface area contributed by atoms with Crippen LogP contribution in [0.1, 0.15) is 19.8 Å². The fraction of sp³-hybridized carbons (Fsp3) is 0.421. The van der Waals surface area contributed by atoms with Crippen molar-refractivity contribution in [1.29, 1.82) is 0 Å². The van der Waals surface area contributed by atoms with Gasteiger partial charge in [-0.2, -0.15) is 31.6 Å². The van der Waals surface area contributed by atoms with Crippen LogP contribution in [-0.4, -0.2) is 58.5 Å². The van der Waals surface area contributed by atoms with E-state index in [1.807, 2.05) is 0 Å². The fourth-order valence-electron chi connectivity index (χ4n) is 2.92. The first-order valence-corrected chi connectivity index (χ1v) is 11.5. The molecule has 0 atom stereocenters. The lowest BCUT2D eigenvalue weighted by atomic mass is 10.2. The molecule has 0 amide bonds. The highest BCUT2D eigenvalue weighted by molar-refractivity contribution is 7.91. The molecule has 3 heterocycles. The Labute approximate surface area is 184 Å².